The summed E-state index contributed by atoms with van der Waals surface area (Å²) in [5.74, 6) is 0.760. The third-order valence-electron chi connectivity index (χ3n) is 3.25. The van der Waals surface area contributed by atoms with Crippen LogP contribution in [0.1, 0.15) is 11.4 Å². The van der Waals surface area contributed by atoms with Gasteiger partial charge in [-0.15, -0.1) is 0 Å². The maximum atomic E-state index is 6.22. The molecule has 0 bridgehead atoms. The van der Waals surface area contributed by atoms with Crippen molar-refractivity contribution >= 4 is 46.4 Å². The van der Waals surface area contributed by atoms with Gasteiger partial charge in [-0.05, 0) is 29.8 Å². The summed E-state index contributed by atoms with van der Waals surface area (Å²) in [6.07, 6.45) is 2.32. The van der Waals surface area contributed by atoms with E-state index in [0.717, 1.165) is 22.6 Å². The van der Waals surface area contributed by atoms with Crippen LogP contribution in [0.3, 0.4) is 0 Å². The highest BCUT2D eigenvalue weighted by atomic mass is 35.5. The SMILES string of the molecule is Clc1ccc(-c2c[nH]c(Cc3c(Cl)ccc(Cl)c3Cl)n2)cc1. The number of aromatic nitrogens is 2. The molecule has 2 aromatic carbocycles. The van der Waals surface area contributed by atoms with Crippen molar-refractivity contribution in [3.63, 3.8) is 0 Å². The van der Waals surface area contributed by atoms with Crippen LogP contribution in [0.15, 0.2) is 42.6 Å². The van der Waals surface area contributed by atoms with Gasteiger partial charge in [-0.25, -0.2) is 4.98 Å². The Morgan fingerprint density at radius 2 is 1.55 bits per heavy atom. The van der Waals surface area contributed by atoms with E-state index in [1.807, 2.05) is 30.5 Å². The summed E-state index contributed by atoms with van der Waals surface area (Å²) >= 11 is 24.3. The molecule has 0 aliphatic heterocycles. The van der Waals surface area contributed by atoms with Crippen LogP contribution < -0.4 is 0 Å². The number of nitrogens with one attached hydrogen (secondary N) is 1. The van der Waals surface area contributed by atoms with Gasteiger partial charge in [0.2, 0.25) is 0 Å². The number of aromatic amines is 1. The first-order valence-electron chi connectivity index (χ1n) is 6.47. The summed E-state index contributed by atoms with van der Waals surface area (Å²) in [6, 6.07) is 10.9. The molecule has 0 spiro atoms. The topological polar surface area (TPSA) is 28.7 Å². The van der Waals surface area contributed by atoms with Gasteiger partial charge in [0, 0.05) is 28.2 Å². The third-order valence-corrected chi connectivity index (χ3v) is 4.70. The average molecular weight is 372 g/mol. The van der Waals surface area contributed by atoms with Gasteiger partial charge in [0.05, 0.1) is 15.7 Å². The minimum Gasteiger partial charge on any atom is -0.348 e. The number of nitrogens with zero attached hydrogens (tertiary/aromatic N) is 1. The fraction of sp³-hybridized carbons (Fsp3) is 0.0625. The highest BCUT2D eigenvalue weighted by Crippen LogP contribution is 2.33. The van der Waals surface area contributed by atoms with Crippen molar-refractivity contribution in [3.05, 3.63) is 74.1 Å². The van der Waals surface area contributed by atoms with Crippen LogP contribution in [0.4, 0.5) is 0 Å². The second-order valence-corrected chi connectivity index (χ2v) is 6.37. The zero-order valence-electron chi connectivity index (χ0n) is 11.2. The van der Waals surface area contributed by atoms with Gasteiger partial charge >= 0.3 is 0 Å². The third kappa shape index (κ3) is 3.26. The Balaban J connectivity index is 1.89. The number of hydrogen-bond donors (Lipinski definition) is 1. The molecule has 0 radical (unpaired) electrons. The normalized spacial score (nSPS) is 10.9. The average Bonchev–Trinajstić information content (AvgIpc) is 2.97. The largest absolute Gasteiger partial charge is 0.348 e. The highest BCUT2D eigenvalue weighted by molar-refractivity contribution is 6.44. The molecule has 0 unspecified atom stereocenters. The lowest BCUT2D eigenvalue weighted by molar-refractivity contribution is 1.03. The molecule has 1 N–H and O–H groups in total. The number of H-pyrrole nitrogens is 1. The summed E-state index contributed by atoms with van der Waals surface area (Å²) in [5, 5.41) is 2.19. The van der Waals surface area contributed by atoms with E-state index in [2.05, 4.69) is 9.97 Å². The van der Waals surface area contributed by atoms with Crippen LogP contribution in [0.2, 0.25) is 20.1 Å². The van der Waals surface area contributed by atoms with Crippen LogP contribution in [0.5, 0.6) is 0 Å². The van der Waals surface area contributed by atoms with Crippen molar-refractivity contribution in [1.29, 1.82) is 0 Å². The molecule has 112 valence electrons. The summed E-state index contributed by atoms with van der Waals surface area (Å²) in [6.45, 7) is 0. The van der Waals surface area contributed by atoms with Crippen LogP contribution >= 0.6 is 46.4 Å². The Hall–Kier alpha value is -1.19. The number of benzene rings is 2. The molecule has 0 aliphatic carbocycles. The minimum absolute atomic E-state index is 0.457. The summed E-state index contributed by atoms with van der Waals surface area (Å²) in [7, 11) is 0. The maximum absolute atomic E-state index is 6.22. The van der Waals surface area contributed by atoms with Gasteiger partial charge in [-0.1, -0.05) is 58.5 Å². The zero-order valence-corrected chi connectivity index (χ0v) is 14.2. The Morgan fingerprint density at radius 3 is 2.27 bits per heavy atom. The van der Waals surface area contributed by atoms with Gasteiger partial charge in [0.25, 0.3) is 0 Å². The van der Waals surface area contributed by atoms with E-state index in [-0.39, 0.29) is 0 Å². The quantitative estimate of drug-likeness (QED) is 0.539. The summed E-state index contributed by atoms with van der Waals surface area (Å²) in [4.78, 5) is 7.70. The van der Waals surface area contributed by atoms with E-state index in [9.17, 15) is 0 Å². The lowest BCUT2D eigenvalue weighted by atomic mass is 10.1. The first kappa shape index (κ1) is 15.7. The van der Waals surface area contributed by atoms with Gasteiger partial charge in [0.1, 0.15) is 5.82 Å². The van der Waals surface area contributed by atoms with Crippen molar-refractivity contribution < 1.29 is 0 Å². The Morgan fingerprint density at radius 1 is 0.864 bits per heavy atom. The van der Waals surface area contributed by atoms with Crippen molar-refractivity contribution in [2.75, 3.05) is 0 Å². The standard InChI is InChI=1S/C16H10Cl4N2/c17-10-3-1-9(2-4-10)14-8-21-15(22-14)7-11-12(18)5-6-13(19)16(11)20/h1-6,8H,7H2,(H,21,22). The molecule has 0 saturated carbocycles. The van der Waals surface area contributed by atoms with Crippen molar-refractivity contribution in [2.45, 2.75) is 6.42 Å². The van der Waals surface area contributed by atoms with Crippen LogP contribution in [-0.4, -0.2) is 9.97 Å². The first-order chi connectivity index (χ1) is 10.5. The van der Waals surface area contributed by atoms with Gasteiger partial charge in [-0.3, -0.25) is 0 Å². The predicted molar refractivity (Wildman–Crippen MR) is 93.3 cm³/mol. The van der Waals surface area contributed by atoms with E-state index in [0.29, 0.717) is 26.5 Å². The maximum Gasteiger partial charge on any atom is 0.111 e. The minimum atomic E-state index is 0.457. The molecule has 0 saturated heterocycles. The van der Waals surface area contributed by atoms with E-state index >= 15 is 0 Å². The fourth-order valence-corrected chi connectivity index (χ4v) is 2.93. The number of imidazole rings is 1. The predicted octanol–water partition coefficient (Wildman–Crippen LogP) is 6.28. The fourth-order valence-electron chi connectivity index (χ4n) is 2.12. The molecule has 0 aliphatic rings. The first-order valence-corrected chi connectivity index (χ1v) is 7.98. The van der Waals surface area contributed by atoms with Gasteiger partial charge in [-0.2, -0.15) is 0 Å². The molecular weight excluding hydrogens is 362 g/mol. The summed E-state index contributed by atoms with van der Waals surface area (Å²) < 4.78 is 0. The molecule has 6 heteroatoms. The molecule has 0 atom stereocenters. The van der Waals surface area contributed by atoms with Crippen molar-refractivity contribution in [3.8, 4) is 11.3 Å². The molecule has 1 heterocycles. The molecule has 3 rings (SSSR count). The molecular formula is C16H10Cl4N2. The van der Waals surface area contributed by atoms with E-state index in [4.69, 9.17) is 46.4 Å². The van der Waals surface area contributed by atoms with Crippen molar-refractivity contribution in [1.82, 2.24) is 9.97 Å². The molecule has 0 amide bonds. The number of rotatable bonds is 3. The van der Waals surface area contributed by atoms with E-state index < -0.39 is 0 Å². The van der Waals surface area contributed by atoms with Crippen LogP contribution in [-0.2, 0) is 6.42 Å². The molecule has 0 fully saturated rings. The van der Waals surface area contributed by atoms with Gasteiger partial charge in [0.15, 0.2) is 0 Å². The summed E-state index contributed by atoms with van der Waals surface area (Å²) in [5.41, 5.74) is 2.57. The Kier molecular flexibility index (Phi) is 4.65. The highest BCUT2D eigenvalue weighted by Gasteiger charge is 2.12. The monoisotopic (exact) mass is 370 g/mol. The zero-order chi connectivity index (χ0) is 15.7. The lowest BCUT2D eigenvalue weighted by Crippen LogP contribution is -1.94. The second-order valence-electron chi connectivity index (χ2n) is 4.74. The molecule has 1 aromatic heterocycles. The van der Waals surface area contributed by atoms with E-state index in [1.165, 1.54) is 0 Å². The van der Waals surface area contributed by atoms with Gasteiger partial charge < -0.3 is 4.98 Å². The molecule has 22 heavy (non-hydrogen) atoms. The van der Waals surface area contributed by atoms with E-state index in [1.54, 1.807) is 12.1 Å². The Bertz CT molecular complexity index is 810. The Labute approximate surface area is 148 Å². The number of halogens is 4. The van der Waals surface area contributed by atoms with Crippen LogP contribution in [0.25, 0.3) is 11.3 Å². The molecule has 3 aromatic rings. The number of hydrogen-bond acceptors (Lipinski definition) is 1. The smallest absolute Gasteiger partial charge is 0.111 e. The van der Waals surface area contributed by atoms with Crippen LogP contribution in [0, 0.1) is 0 Å². The lowest BCUT2D eigenvalue weighted by Gasteiger charge is -2.06. The second kappa shape index (κ2) is 6.51. The molecule has 2 nitrogen and oxygen atoms in total. The van der Waals surface area contributed by atoms with Crippen molar-refractivity contribution in [2.24, 2.45) is 0 Å².